The zero-order chi connectivity index (χ0) is 8.54. The lowest BCUT2D eigenvalue weighted by atomic mass is 10.1. The quantitative estimate of drug-likeness (QED) is 0.671. The summed E-state index contributed by atoms with van der Waals surface area (Å²) >= 11 is 0. The van der Waals surface area contributed by atoms with Crippen molar-refractivity contribution in [3.63, 3.8) is 0 Å². The van der Waals surface area contributed by atoms with Crippen LogP contribution in [0.3, 0.4) is 0 Å². The Morgan fingerprint density at radius 1 is 1.36 bits per heavy atom. The SMILES string of the molecule is COC1(CNC(C)(C)C)CC1. The third kappa shape index (κ3) is 2.80. The first-order chi connectivity index (χ1) is 4.97. The Bertz CT molecular complexity index is 133. The second-order valence-corrected chi connectivity index (χ2v) is 4.49. The van der Waals surface area contributed by atoms with Crippen LogP contribution >= 0.6 is 0 Å². The Balaban J connectivity index is 2.22. The van der Waals surface area contributed by atoms with E-state index in [-0.39, 0.29) is 11.1 Å². The van der Waals surface area contributed by atoms with Crippen LogP contribution in [0.5, 0.6) is 0 Å². The number of ether oxygens (including phenoxy) is 1. The molecule has 0 spiro atoms. The summed E-state index contributed by atoms with van der Waals surface area (Å²) in [5.41, 5.74) is 0.404. The van der Waals surface area contributed by atoms with Crippen molar-refractivity contribution < 1.29 is 4.74 Å². The Labute approximate surface area is 69.3 Å². The van der Waals surface area contributed by atoms with Gasteiger partial charge in [0.2, 0.25) is 0 Å². The van der Waals surface area contributed by atoms with E-state index in [1.807, 2.05) is 0 Å². The molecular weight excluding hydrogens is 138 g/mol. The summed E-state index contributed by atoms with van der Waals surface area (Å²) in [7, 11) is 1.80. The van der Waals surface area contributed by atoms with E-state index in [0.29, 0.717) is 0 Å². The van der Waals surface area contributed by atoms with Crippen LogP contribution in [0.4, 0.5) is 0 Å². The fourth-order valence-electron chi connectivity index (χ4n) is 1.02. The molecule has 1 fully saturated rings. The summed E-state index contributed by atoms with van der Waals surface area (Å²) in [6, 6.07) is 0. The van der Waals surface area contributed by atoms with Gasteiger partial charge in [-0.25, -0.2) is 0 Å². The third-order valence-corrected chi connectivity index (χ3v) is 2.18. The van der Waals surface area contributed by atoms with Gasteiger partial charge in [-0.2, -0.15) is 0 Å². The summed E-state index contributed by atoms with van der Waals surface area (Å²) in [6.07, 6.45) is 2.43. The van der Waals surface area contributed by atoms with Gasteiger partial charge in [-0.05, 0) is 33.6 Å². The Hall–Kier alpha value is -0.0800. The predicted molar refractivity (Wildman–Crippen MR) is 46.7 cm³/mol. The molecule has 0 unspecified atom stereocenters. The molecular formula is C9H19NO. The van der Waals surface area contributed by atoms with Gasteiger partial charge in [0.05, 0.1) is 5.60 Å². The number of nitrogens with one attached hydrogen (secondary N) is 1. The van der Waals surface area contributed by atoms with E-state index < -0.39 is 0 Å². The standard InChI is InChI=1S/C9H19NO/c1-8(2,3)10-7-9(11-4)5-6-9/h10H,5-7H2,1-4H3. The lowest BCUT2D eigenvalue weighted by molar-refractivity contribution is 0.0740. The molecule has 0 amide bonds. The maximum atomic E-state index is 5.38. The van der Waals surface area contributed by atoms with Gasteiger partial charge in [0.15, 0.2) is 0 Å². The minimum Gasteiger partial charge on any atom is -0.377 e. The number of rotatable bonds is 3. The average molecular weight is 157 g/mol. The third-order valence-electron chi connectivity index (χ3n) is 2.18. The van der Waals surface area contributed by atoms with Crippen LogP contribution in [0.25, 0.3) is 0 Å². The predicted octanol–water partition coefficient (Wildman–Crippen LogP) is 1.55. The molecule has 2 heteroatoms. The summed E-state index contributed by atoms with van der Waals surface area (Å²) in [5.74, 6) is 0. The molecule has 1 N–H and O–H groups in total. The highest BCUT2D eigenvalue weighted by molar-refractivity contribution is 4.98. The van der Waals surface area contributed by atoms with Crippen molar-refractivity contribution in [2.24, 2.45) is 0 Å². The molecule has 11 heavy (non-hydrogen) atoms. The van der Waals surface area contributed by atoms with Gasteiger partial charge in [0.25, 0.3) is 0 Å². The Morgan fingerprint density at radius 3 is 2.18 bits per heavy atom. The van der Waals surface area contributed by atoms with Crippen LogP contribution in [-0.4, -0.2) is 24.8 Å². The first-order valence-corrected chi connectivity index (χ1v) is 4.28. The van der Waals surface area contributed by atoms with Crippen LogP contribution in [0.1, 0.15) is 33.6 Å². The molecule has 1 rings (SSSR count). The largest absolute Gasteiger partial charge is 0.377 e. The number of hydrogen-bond acceptors (Lipinski definition) is 2. The van der Waals surface area contributed by atoms with Gasteiger partial charge < -0.3 is 10.1 Å². The molecule has 0 saturated heterocycles. The first-order valence-electron chi connectivity index (χ1n) is 4.28. The van der Waals surface area contributed by atoms with Crippen molar-refractivity contribution in [1.82, 2.24) is 5.32 Å². The van der Waals surface area contributed by atoms with E-state index in [1.165, 1.54) is 12.8 Å². The molecule has 1 aliphatic carbocycles. The molecule has 0 aromatic carbocycles. The topological polar surface area (TPSA) is 21.3 Å². The highest BCUT2D eigenvalue weighted by Crippen LogP contribution is 2.38. The minimum absolute atomic E-state index is 0.188. The van der Waals surface area contributed by atoms with E-state index in [4.69, 9.17) is 4.74 Å². The van der Waals surface area contributed by atoms with Crippen LogP contribution in [0.2, 0.25) is 0 Å². The van der Waals surface area contributed by atoms with Crippen molar-refractivity contribution in [3.05, 3.63) is 0 Å². The van der Waals surface area contributed by atoms with Crippen molar-refractivity contribution in [1.29, 1.82) is 0 Å². The molecule has 0 bridgehead atoms. The van der Waals surface area contributed by atoms with Gasteiger partial charge >= 0.3 is 0 Å². The molecule has 0 radical (unpaired) electrons. The van der Waals surface area contributed by atoms with Crippen molar-refractivity contribution in [2.45, 2.75) is 44.8 Å². The Kier molecular flexibility index (Phi) is 2.26. The fraction of sp³-hybridized carbons (Fsp3) is 1.00. The maximum Gasteiger partial charge on any atom is 0.0804 e. The van der Waals surface area contributed by atoms with Crippen LogP contribution < -0.4 is 5.32 Å². The molecule has 2 nitrogen and oxygen atoms in total. The van der Waals surface area contributed by atoms with Crippen molar-refractivity contribution >= 4 is 0 Å². The highest BCUT2D eigenvalue weighted by atomic mass is 16.5. The molecule has 1 aliphatic rings. The molecule has 0 atom stereocenters. The summed E-state index contributed by atoms with van der Waals surface area (Å²) < 4.78 is 5.38. The molecule has 1 saturated carbocycles. The second kappa shape index (κ2) is 2.76. The van der Waals surface area contributed by atoms with Crippen molar-refractivity contribution in [3.8, 4) is 0 Å². The molecule has 66 valence electrons. The summed E-state index contributed by atoms with van der Waals surface area (Å²) in [5, 5.41) is 3.45. The van der Waals surface area contributed by atoms with Crippen molar-refractivity contribution in [2.75, 3.05) is 13.7 Å². The van der Waals surface area contributed by atoms with Gasteiger partial charge in [-0.15, -0.1) is 0 Å². The number of methoxy groups -OCH3 is 1. The molecule has 0 aromatic rings. The van der Waals surface area contributed by atoms with E-state index in [2.05, 4.69) is 26.1 Å². The second-order valence-electron chi connectivity index (χ2n) is 4.49. The van der Waals surface area contributed by atoms with Gasteiger partial charge in [-0.3, -0.25) is 0 Å². The molecule has 0 aliphatic heterocycles. The van der Waals surface area contributed by atoms with Gasteiger partial charge in [0, 0.05) is 19.2 Å². The average Bonchev–Trinajstić information content (AvgIpc) is 2.63. The Morgan fingerprint density at radius 2 is 1.91 bits per heavy atom. The summed E-state index contributed by atoms with van der Waals surface area (Å²) in [6.45, 7) is 7.53. The lowest BCUT2D eigenvalue weighted by Gasteiger charge is -2.24. The molecule has 0 aromatic heterocycles. The number of hydrogen-bond donors (Lipinski definition) is 1. The first kappa shape index (κ1) is 9.01. The molecule has 0 heterocycles. The smallest absolute Gasteiger partial charge is 0.0804 e. The highest BCUT2D eigenvalue weighted by Gasteiger charge is 2.43. The van der Waals surface area contributed by atoms with Gasteiger partial charge in [-0.1, -0.05) is 0 Å². The fourth-order valence-corrected chi connectivity index (χ4v) is 1.02. The van der Waals surface area contributed by atoms with Crippen LogP contribution in [-0.2, 0) is 4.74 Å². The zero-order valence-corrected chi connectivity index (χ0v) is 8.03. The summed E-state index contributed by atoms with van der Waals surface area (Å²) in [4.78, 5) is 0. The van der Waals surface area contributed by atoms with E-state index in [0.717, 1.165) is 6.54 Å². The monoisotopic (exact) mass is 157 g/mol. The minimum atomic E-state index is 0.188. The normalized spacial score (nSPS) is 21.8. The maximum absolute atomic E-state index is 5.38. The van der Waals surface area contributed by atoms with E-state index in [1.54, 1.807) is 7.11 Å². The van der Waals surface area contributed by atoms with E-state index in [9.17, 15) is 0 Å². The van der Waals surface area contributed by atoms with Crippen LogP contribution in [0, 0.1) is 0 Å². The van der Waals surface area contributed by atoms with Crippen LogP contribution in [0.15, 0.2) is 0 Å². The zero-order valence-electron chi connectivity index (χ0n) is 8.03. The van der Waals surface area contributed by atoms with E-state index >= 15 is 0 Å². The van der Waals surface area contributed by atoms with Gasteiger partial charge in [0.1, 0.15) is 0 Å². The lowest BCUT2D eigenvalue weighted by Crippen LogP contribution is -2.42.